The second-order valence-electron chi connectivity index (χ2n) is 3.26. The van der Waals surface area contributed by atoms with Gasteiger partial charge in [-0.25, -0.2) is 5.01 Å². The molecular formula is C12H12N4. The van der Waals surface area contributed by atoms with Crippen molar-refractivity contribution in [2.45, 2.75) is 0 Å². The first-order valence-corrected chi connectivity index (χ1v) is 4.97. The van der Waals surface area contributed by atoms with E-state index in [9.17, 15) is 0 Å². The van der Waals surface area contributed by atoms with Gasteiger partial charge in [0.05, 0.1) is 11.9 Å². The zero-order valence-corrected chi connectivity index (χ0v) is 8.99. The smallest absolute Gasteiger partial charge is 0.106 e. The maximum absolute atomic E-state index is 4.08. The van der Waals surface area contributed by atoms with Crippen LogP contribution < -0.4 is 5.01 Å². The third kappa shape index (κ3) is 2.63. The van der Waals surface area contributed by atoms with Gasteiger partial charge >= 0.3 is 0 Å². The summed E-state index contributed by atoms with van der Waals surface area (Å²) >= 11 is 0. The number of benzene rings is 1. The molecule has 0 atom stereocenters. The molecule has 2 rings (SSSR count). The summed E-state index contributed by atoms with van der Waals surface area (Å²) in [4.78, 5) is 3.96. The molecule has 0 aliphatic heterocycles. The van der Waals surface area contributed by atoms with Gasteiger partial charge in [0.25, 0.3) is 0 Å². The highest BCUT2D eigenvalue weighted by molar-refractivity contribution is 5.44. The molecule has 0 saturated heterocycles. The van der Waals surface area contributed by atoms with E-state index in [0.29, 0.717) is 0 Å². The van der Waals surface area contributed by atoms with Crippen LogP contribution in [0.25, 0.3) is 0 Å². The Bertz CT molecular complexity index is 453. The van der Waals surface area contributed by atoms with E-state index in [-0.39, 0.29) is 0 Å². The van der Waals surface area contributed by atoms with Gasteiger partial charge in [-0.05, 0) is 24.3 Å². The fourth-order valence-electron chi connectivity index (χ4n) is 1.23. The zero-order valence-electron chi connectivity index (χ0n) is 8.99. The first kappa shape index (κ1) is 10.3. The van der Waals surface area contributed by atoms with Gasteiger partial charge in [0, 0.05) is 13.2 Å². The van der Waals surface area contributed by atoms with E-state index in [0.717, 1.165) is 11.4 Å². The molecule has 4 heteroatoms. The number of hydrogen-bond acceptors (Lipinski definition) is 3. The molecule has 1 heterocycles. The average Bonchev–Trinajstić information content (AvgIpc) is 2.38. The topological polar surface area (TPSA) is 40.9 Å². The van der Waals surface area contributed by atoms with Crippen molar-refractivity contribution in [1.29, 1.82) is 0 Å². The quantitative estimate of drug-likeness (QED) is 0.579. The van der Waals surface area contributed by atoms with Gasteiger partial charge in [0.15, 0.2) is 0 Å². The third-order valence-electron chi connectivity index (χ3n) is 2.07. The van der Waals surface area contributed by atoms with Crippen LogP contribution in [0.2, 0.25) is 0 Å². The zero-order chi connectivity index (χ0) is 11.2. The highest BCUT2D eigenvalue weighted by atomic mass is 15.5. The van der Waals surface area contributed by atoms with E-state index in [2.05, 4.69) is 15.3 Å². The van der Waals surface area contributed by atoms with Gasteiger partial charge in [0.2, 0.25) is 0 Å². The minimum absolute atomic E-state index is 0.741. The van der Waals surface area contributed by atoms with Crippen LogP contribution in [-0.2, 0) is 0 Å². The lowest BCUT2D eigenvalue weighted by Gasteiger charge is -2.10. The summed E-state index contributed by atoms with van der Waals surface area (Å²) in [5.41, 5.74) is 1.74. The fraction of sp³-hybridized carbons (Fsp3) is 0.0833. The lowest BCUT2D eigenvalue weighted by atomic mass is 10.3. The van der Waals surface area contributed by atoms with Crippen LogP contribution in [-0.4, -0.2) is 12.0 Å². The van der Waals surface area contributed by atoms with Crippen molar-refractivity contribution in [2.75, 3.05) is 12.1 Å². The lowest BCUT2D eigenvalue weighted by Crippen LogP contribution is -2.06. The predicted octanol–water partition coefficient (Wildman–Crippen LogP) is 3.22. The van der Waals surface area contributed by atoms with E-state index in [4.69, 9.17) is 0 Å². The minimum Gasteiger partial charge on any atom is -0.262 e. The molecule has 1 aromatic carbocycles. The SMILES string of the molecule is CN(N=Nc1cccnc1)c1ccccc1. The molecule has 0 unspecified atom stereocenters. The molecule has 0 saturated carbocycles. The van der Waals surface area contributed by atoms with Crippen LogP contribution in [0.5, 0.6) is 0 Å². The van der Waals surface area contributed by atoms with Crippen molar-refractivity contribution >= 4 is 11.4 Å². The number of anilines is 1. The Labute approximate surface area is 94.2 Å². The second-order valence-corrected chi connectivity index (χ2v) is 3.26. The molecule has 16 heavy (non-hydrogen) atoms. The third-order valence-corrected chi connectivity index (χ3v) is 2.07. The van der Waals surface area contributed by atoms with E-state index >= 15 is 0 Å². The number of pyridine rings is 1. The number of para-hydroxylation sites is 1. The van der Waals surface area contributed by atoms with Gasteiger partial charge in [-0.1, -0.05) is 23.4 Å². The molecule has 0 amide bonds. The summed E-state index contributed by atoms with van der Waals surface area (Å²) in [6.45, 7) is 0. The summed E-state index contributed by atoms with van der Waals surface area (Å²) in [5.74, 6) is 0. The molecule has 0 N–H and O–H groups in total. The molecule has 0 radical (unpaired) electrons. The number of rotatable bonds is 3. The first-order chi connectivity index (χ1) is 7.86. The Morgan fingerprint density at radius 2 is 1.88 bits per heavy atom. The van der Waals surface area contributed by atoms with Crippen molar-refractivity contribution in [3.8, 4) is 0 Å². The Balaban J connectivity index is 2.08. The Morgan fingerprint density at radius 1 is 1.06 bits per heavy atom. The van der Waals surface area contributed by atoms with Gasteiger partial charge < -0.3 is 0 Å². The minimum atomic E-state index is 0.741. The van der Waals surface area contributed by atoms with Gasteiger partial charge in [-0.2, -0.15) is 0 Å². The van der Waals surface area contributed by atoms with Crippen LogP contribution in [0, 0.1) is 0 Å². The number of hydrogen-bond donors (Lipinski definition) is 0. The van der Waals surface area contributed by atoms with Crippen LogP contribution in [0.1, 0.15) is 0 Å². The standard InChI is InChI=1S/C12H12N4/c1-16(12-7-3-2-4-8-12)15-14-11-6-5-9-13-10-11/h2-10H,1H3. The maximum atomic E-state index is 4.08. The Kier molecular flexibility index (Phi) is 3.23. The van der Waals surface area contributed by atoms with Gasteiger partial charge in [-0.3, -0.25) is 4.98 Å². The van der Waals surface area contributed by atoms with Crippen molar-refractivity contribution in [2.24, 2.45) is 10.3 Å². The van der Waals surface area contributed by atoms with Crippen molar-refractivity contribution in [3.05, 3.63) is 54.9 Å². The second kappa shape index (κ2) is 5.02. The molecule has 0 spiro atoms. The average molecular weight is 212 g/mol. The Morgan fingerprint density at radius 3 is 2.56 bits per heavy atom. The normalized spacial score (nSPS) is 10.6. The van der Waals surface area contributed by atoms with E-state index in [1.165, 1.54) is 0 Å². The summed E-state index contributed by atoms with van der Waals surface area (Å²) in [5, 5.41) is 9.87. The summed E-state index contributed by atoms with van der Waals surface area (Å²) in [6.07, 6.45) is 3.38. The molecule has 0 aliphatic carbocycles. The largest absolute Gasteiger partial charge is 0.262 e. The van der Waals surface area contributed by atoms with E-state index < -0.39 is 0 Å². The Hall–Kier alpha value is -2.23. The van der Waals surface area contributed by atoms with E-state index in [1.54, 1.807) is 17.4 Å². The molecule has 80 valence electrons. The molecule has 2 aromatic rings. The summed E-state index contributed by atoms with van der Waals surface area (Å²) in [6, 6.07) is 13.5. The monoisotopic (exact) mass is 212 g/mol. The fourth-order valence-corrected chi connectivity index (χ4v) is 1.23. The van der Waals surface area contributed by atoms with Crippen LogP contribution in [0.15, 0.2) is 65.2 Å². The van der Waals surface area contributed by atoms with E-state index in [1.807, 2.05) is 49.5 Å². The van der Waals surface area contributed by atoms with Crippen LogP contribution in [0.4, 0.5) is 11.4 Å². The molecule has 1 aromatic heterocycles. The van der Waals surface area contributed by atoms with Gasteiger partial charge in [-0.15, -0.1) is 5.11 Å². The van der Waals surface area contributed by atoms with Crippen molar-refractivity contribution in [3.63, 3.8) is 0 Å². The summed E-state index contributed by atoms with van der Waals surface area (Å²) < 4.78 is 0. The highest BCUT2D eigenvalue weighted by Crippen LogP contribution is 2.14. The molecule has 0 aliphatic rings. The van der Waals surface area contributed by atoms with Crippen LogP contribution >= 0.6 is 0 Å². The van der Waals surface area contributed by atoms with Gasteiger partial charge in [0.1, 0.15) is 5.69 Å². The first-order valence-electron chi connectivity index (χ1n) is 4.97. The van der Waals surface area contributed by atoms with Crippen molar-refractivity contribution < 1.29 is 0 Å². The number of nitrogens with zero attached hydrogens (tertiary/aromatic N) is 4. The maximum Gasteiger partial charge on any atom is 0.106 e. The van der Waals surface area contributed by atoms with Crippen LogP contribution in [0.3, 0.4) is 0 Å². The van der Waals surface area contributed by atoms with Crippen molar-refractivity contribution in [1.82, 2.24) is 4.98 Å². The lowest BCUT2D eigenvalue weighted by molar-refractivity contribution is 0.922. The molecule has 0 fully saturated rings. The molecule has 0 bridgehead atoms. The summed E-state index contributed by atoms with van der Waals surface area (Å²) in [7, 11) is 1.86. The predicted molar refractivity (Wildman–Crippen MR) is 63.6 cm³/mol. The number of aromatic nitrogens is 1. The molecule has 4 nitrogen and oxygen atoms in total. The highest BCUT2D eigenvalue weighted by Gasteiger charge is 1.96. The molecular weight excluding hydrogens is 200 g/mol.